The van der Waals surface area contributed by atoms with Crippen molar-refractivity contribution < 1.29 is 13.6 Å². The zero-order valence-corrected chi connectivity index (χ0v) is 14.3. The van der Waals surface area contributed by atoms with Gasteiger partial charge in [-0.05, 0) is 12.8 Å². The Bertz CT molecular complexity index is 227. The molecule has 0 saturated heterocycles. The summed E-state index contributed by atoms with van der Waals surface area (Å²) in [7, 11) is 0.190. The molecule has 0 heterocycles. The van der Waals surface area contributed by atoms with Crippen molar-refractivity contribution in [1.82, 2.24) is 0 Å². The molecule has 0 N–H and O–H groups in total. The summed E-state index contributed by atoms with van der Waals surface area (Å²) in [6.45, 7) is 9.74. The van der Waals surface area contributed by atoms with Crippen LogP contribution in [0, 0.1) is 0 Å². The minimum Gasteiger partial charge on any atom is -0.468 e. The summed E-state index contributed by atoms with van der Waals surface area (Å²) in [5.74, 6) is -0.315. The predicted molar refractivity (Wildman–Crippen MR) is 73.2 cm³/mol. The third kappa shape index (κ3) is 3.88. The molecular formula is C11H24O3Si2. The Labute approximate surface area is 104 Å². The fraction of sp³-hybridized carbons (Fsp3) is 0.727. The highest BCUT2D eigenvalue weighted by Gasteiger charge is 2.38. The molecule has 0 fully saturated rings. The van der Waals surface area contributed by atoms with E-state index in [1.165, 1.54) is 6.08 Å². The Morgan fingerprint density at radius 2 is 2.06 bits per heavy atom. The van der Waals surface area contributed by atoms with Crippen LogP contribution in [0.5, 0.6) is 0 Å². The van der Waals surface area contributed by atoms with Gasteiger partial charge in [0.25, 0.3) is 0 Å². The van der Waals surface area contributed by atoms with E-state index < -0.39 is 9.76 Å². The Balaban J connectivity index is 4.88. The van der Waals surface area contributed by atoms with Crippen molar-refractivity contribution in [2.75, 3.05) is 0 Å². The Morgan fingerprint density at radius 1 is 1.50 bits per heavy atom. The highest BCUT2D eigenvalue weighted by molar-refractivity contribution is 6.36. The highest BCUT2D eigenvalue weighted by atomic mass is 28.3. The second-order valence-corrected chi connectivity index (χ2v) is 7.59. The SMILES string of the molecule is C=CC(=O)OC(CC)(CC)C(CC)[SiH2]O[SiH3]. The van der Waals surface area contributed by atoms with Gasteiger partial charge in [-0.3, -0.25) is 0 Å². The van der Waals surface area contributed by atoms with Gasteiger partial charge in [-0.15, -0.1) is 0 Å². The highest BCUT2D eigenvalue weighted by Crippen LogP contribution is 2.36. The minimum absolute atomic E-state index is 0.315. The van der Waals surface area contributed by atoms with Crippen LogP contribution in [0.3, 0.4) is 0 Å². The molecule has 0 aliphatic carbocycles. The Kier molecular flexibility index (Phi) is 7.62. The average molecular weight is 260 g/mol. The van der Waals surface area contributed by atoms with E-state index in [1.807, 2.05) is 0 Å². The first-order chi connectivity index (χ1) is 7.60. The summed E-state index contributed by atoms with van der Waals surface area (Å²) >= 11 is 0. The lowest BCUT2D eigenvalue weighted by atomic mass is 9.91. The van der Waals surface area contributed by atoms with Crippen molar-refractivity contribution in [3.05, 3.63) is 12.7 Å². The maximum absolute atomic E-state index is 11.4. The smallest absolute Gasteiger partial charge is 0.330 e. The van der Waals surface area contributed by atoms with Crippen LogP contribution in [-0.4, -0.2) is 31.8 Å². The van der Waals surface area contributed by atoms with E-state index in [0.717, 1.165) is 29.7 Å². The minimum atomic E-state index is -0.591. The average Bonchev–Trinajstić information content (AvgIpc) is 2.33. The maximum atomic E-state index is 11.4. The number of rotatable bonds is 8. The van der Waals surface area contributed by atoms with E-state index in [0.29, 0.717) is 5.54 Å². The molecule has 0 amide bonds. The third-order valence-corrected chi connectivity index (χ3v) is 6.33. The first kappa shape index (κ1) is 15.6. The van der Waals surface area contributed by atoms with Crippen LogP contribution in [0.25, 0.3) is 0 Å². The van der Waals surface area contributed by atoms with Crippen LogP contribution in [0.4, 0.5) is 0 Å². The molecule has 0 aromatic carbocycles. The fourth-order valence-electron chi connectivity index (χ4n) is 2.14. The predicted octanol–water partition coefficient (Wildman–Crippen LogP) is 0.854. The zero-order chi connectivity index (χ0) is 12.6. The molecule has 0 bridgehead atoms. The second-order valence-electron chi connectivity index (χ2n) is 3.96. The van der Waals surface area contributed by atoms with Crippen LogP contribution in [0.2, 0.25) is 5.54 Å². The van der Waals surface area contributed by atoms with Crippen molar-refractivity contribution in [2.24, 2.45) is 0 Å². The van der Waals surface area contributed by atoms with E-state index in [4.69, 9.17) is 8.85 Å². The molecule has 1 atom stereocenters. The Hall–Kier alpha value is -0.396. The number of ether oxygens (including phenoxy) is 1. The van der Waals surface area contributed by atoms with Crippen molar-refractivity contribution in [3.63, 3.8) is 0 Å². The summed E-state index contributed by atoms with van der Waals surface area (Å²) in [6.07, 6.45) is 3.95. The lowest BCUT2D eigenvalue weighted by Gasteiger charge is -2.38. The van der Waals surface area contributed by atoms with Crippen molar-refractivity contribution in [1.29, 1.82) is 0 Å². The van der Waals surface area contributed by atoms with Gasteiger partial charge in [-0.2, -0.15) is 0 Å². The Morgan fingerprint density at radius 3 is 2.38 bits per heavy atom. The molecule has 0 radical (unpaired) electrons. The lowest BCUT2D eigenvalue weighted by Crippen LogP contribution is -2.41. The molecule has 0 saturated carbocycles. The van der Waals surface area contributed by atoms with Gasteiger partial charge in [0.1, 0.15) is 16.1 Å². The van der Waals surface area contributed by atoms with Gasteiger partial charge in [0.05, 0.1) is 0 Å². The first-order valence-electron chi connectivity index (χ1n) is 5.94. The number of carbonyl (C=O) groups excluding carboxylic acids is 1. The summed E-state index contributed by atoms with van der Waals surface area (Å²) in [6, 6.07) is 0. The number of hydrogen-bond acceptors (Lipinski definition) is 3. The van der Waals surface area contributed by atoms with E-state index in [2.05, 4.69) is 27.4 Å². The third-order valence-electron chi connectivity index (χ3n) is 3.27. The van der Waals surface area contributed by atoms with Gasteiger partial charge in [-0.1, -0.05) is 33.8 Å². The normalized spacial score (nSPS) is 14.2. The number of carbonyl (C=O) groups is 1. The molecule has 0 aromatic rings. The molecule has 94 valence electrons. The largest absolute Gasteiger partial charge is 0.468 e. The van der Waals surface area contributed by atoms with Gasteiger partial charge in [0.2, 0.25) is 0 Å². The van der Waals surface area contributed by atoms with E-state index in [-0.39, 0.29) is 11.6 Å². The number of esters is 1. The van der Waals surface area contributed by atoms with E-state index in [1.54, 1.807) is 0 Å². The van der Waals surface area contributed by atoms with Crippen LogP contribution in [0.1, 0.15) is 40.0 Å². The summed E-state index contributed by atoms with van der Waals surface area (Å²) in [5.41, 5.74) is 0.0697. The van der Waals surface area contributed by atoms with Gasteiger partial charge in [0.15, 0.2) is 9.76 Å². The molecule has 0 rings (SSSR count). The molecule has 0 spiro atoms. The lowest BCUT2D eigenvalue weighted by molar-refractivity contribution is -0.155. The summed E-state index contributed by atoms with van der Waals surface area (Å²) < 4.78 is 11.1. The summed E-state index contributed by atoms with van der Waals surface area (Å²) in [4.78, 5) is 11.4. The van der Waals surface area contributed by atoms with E-state index >= 15 is 0 Å². The molecule has 0 aliphatic heterocycles. The van der Waals surface area contributed by atoms with Gasteiger partial charge in [0, 0.05) is 11.6 Å². The summed E-state index contributed by atoms with van der Waals surface area (Å²) in [5, 5.41) is 0. The topological polar surface area (TPSA) is 35.5 Å². The van der Waals surface area contributed by atoms with Gasteiger partial charge >= 0.3 is 5.97 Å². The molecular weight excluding hydrogens is 236 g/mol. The molecule has 0 aromatic heterocycles. The fourth-order valence-corrected chi connectivity index (χ4v) is 4.95. The second kappa shape index (κ2) is 7.81. The quantitative estimate of drug-likeness (QED) is 0.369. The van der Waals surface area contributed by atoms with Crippen LogP contribution < -0.4 is 0 Å². The van der Waals surface area contributed by atoms with Crippen molar-refractivity contribution >= 4 is 26.2 Å². The van der Waals surface area contributed by atoms with Gasteiger partial charge < -0.3 is 8.85 Å². The molecule has 3 nitrogen and oxygen atoms in total. The monoisotopic (exact) mass is 260 g/mol. The molecule has 5 heteroatoms. The van der Waals surface area contributed by atoms with Crippen LogP contribution in [0.15, 0.2) is 12.7 Å². The molecule has 0 aliphatic rings. The van der Waals surface area contributed by atoms with Gasteiger partial charge in [-0.25, -0.2) is 4.79 Å². The maximum Gasteiger partial charge on any atom is 0.330 e. The zero-order valence-electron chi connectivity index (χ0n) is 10.9. The van der Waals surface area contributed by atoms with Crippen molar-refractivity contribution in [3.8, 4) is 0 Å². The standard InChI is InChI=1S/C11H24O3Si2/c1-5-9(16-14-15)11(7-3,8-4)13-10(12)6-2/h6,9H,2,5,7-8,16H2,1,3-4,15H3. The number of hydrogen-bond donors (Lipinski definition) is 0. The van der Waals surface area contributed by atoms with E-state index in [9.17, 15) is 4.79 Å². The molecule has 1 unspecified atom stereocenters. The van der Waals surface area contributed by atoms with Crippen molar-refractivity contribution in [2.45, 2.75) is 51.2 Å². The van der Waals surface area contributed by atoms with Crippen LogP contribution in [-0.2, 0) is 13.6 Å². The first-order valence-corrected chi connectivity index (χ1v) is 8.15. The van der Waals surface area contributed by atoms with Crippen LogP contribution >= 0.6 is 0 Å². The molecule has 16 heavy (non-hydrogen) atoms.